The van der Waals surface area contributed by atoms with Gasteiger partial charge in [0.15, 0.2) is 0 Å². The Hall–Kier alpha value is -3.06. The van der Waals surface area contributed by atoms with Crippen LogP contribution in [0.25, 0.3) is 0 Å². The molecule has 0 bridgehead atoms. The Balaban J connectivity index is 2.10. The Morgan fingerprint density at radius 2 is 1.42 bits per heavy atom. The summed E-state index contributed by atoms with van der Waals surface area (Å²) in [6.07, 6.45) is 0.186. The summed E-state index contributed by atoms with van der Waals surface area (Å²) in [4.78, 5) is 51.0. The number of hydrogen-bond acceptors (Lipinski definition) is 10. The number of nitrogens with two attached hydrogens (primary N) is 2. The maximum Gasteiger partial charge on any atom is 0.336 e. The third-order valence-electron chi connectivity index (χ3n) is 5.64. The molecule has 2 rings (SSSR count). The molecule has 4 atom stereocenters. The van der Waals surface area contributed by atoms with E-state index in [-0.39, 0.29) is 24.3 Å². The van der Waals surface area contributed by atoms with E-state index in [1.54, 1.807) is 56.3 Å². The molecule has 0 aliphatic rings. The van der Waals surface area contributed by atoms with Gasteiger partial charge in [-0.1, -0.05) is 42.5 Å². The van der Waals surface area contributed by atoms with E-state index in [0.717, 1.165) is 5.56 Å². The van der Waals surface area contributed by atoms with Crippen molar-refractivity contribution >= 4 is 49.0 Å². The maximum atomic E-state index is 13.0. The van der Waals surface area contributed by atoms with E-state index < -0.39 is 52.7 Å². The Kier molecular flexibility index (Phi) is 11.6. The number of aromatic hydroxyl groups is 1. The van der Waals surface area contributed by atoms with E-state index in [9.17, 15) is 24.3 Å². The van der Waals surface area contributed by atoms with Crippen LogP contribution in [-0.2, 0) is 36.8 Å². The molecule has 0 unspecified atom stereocenters. The topological polar surface area (TPSA) is 174 Å². The zero-order valence-corrected chi connectivity index (χ0v) is 23.0. The van der Waals surface area contributed by atoms with Crippen LogP contribution in [-0.4, -0.2) is 63.5 Å². The molecule has 0 saturated carbocycles. The highest BCUT2D eigenvalue weighted by atomic mass is 32.1. The average Bonchev–Trinajstić information content (AvgIpc) is 2.87. The molecule has 2 aromatic carbocycles. The SMILES string of the molecule is CC(C)(S)[C@@H](N)C(=O)OC(=O)[C@H](Cc1ccccc1)NC(=O)[C@@H](CS)NC(=O)[C@@H](N)Cc1ccc(O)cc1. The molecule has 0 fully saturated rings. The van der Waals surface area contributed by atoms with E-state index in [1.165, 1.54) is 12.1 Å². The Bertz CT molecular complexity index is 1110. The van der Waals surface area contributed by atoms with Gasteiger partial charge >= 0.3 is 11.9 Å². The first-order chi connectivity index (χ1) is 17.8. The number of phenols is 1. The molecule has 10 nitrogen and oxygen atoms in total. The van der Waals surface area contributed by atoms with Gasteiger partial charge in [0.2, 0.25) is 11.8 Å². The third kappa shape index (κ3) is 9.67. The number of carbonyl (C=O) groups excluding carboxylic acids is 4. The Labute approximate surface area is 232 Å². The summed E-state index contributed by atoms with van der Waals surface area (Å²) < 4.78 is 4.02. The molecular formula is C26H34N4O6S2. The number of carbonyl (C=O) groups is 4. The van der Waals surface area contributed by atoms with Crippen LogP contribution in [0.3, 0.4) is 0 Å². The first-order valence-electron chi connectivity index (χ1n) is 11.8. The molecule has 7 N–H and O–H groups in total. The van der Waals surface area contributed by atoms with Gasteiger partial charge < -0.3 is 31.9 Å². The minimum absolute atomic E-state index is 0.0196. The molecule has 2 amide bonds. The Morgan fingerprint density at radius 1 is 0.868 bits per heavy atom. The number of hydrogen-bond donors (Lipinski definition) is 7. The minimum atomic E-state index is -1.26. The zero-order chi connectivity index (χ0) is 28.5. The van der Waals surface area contributed by atoms with Crippen LogP contribution in [0.2, 0.25) is 0 Å². The minimum Gasteiger partial charge on any atom is -0.508 e. The second kappa shape index (κ2) is 14.2. The first kappa shape index (κ1) is 31.2. The van der Waals surface area contributed by atoms with Gasteiger partial charge in [0.05, 0.1) is 6.04 Å². The van der Waals surface area contributed by atoms with Crippen LogP contribution in [0.4, 0.5) is 0 Å². The van der Waals surface area contributed by atoms with Gasteiger partial charge in [-0.15, -0.1) is 0 Å². The predicted molar refractivity (Wildman–Crippen MR) is 150 cm³/mol. The average molecular weight is 563 g/mol. The number of amides is 2. The van der Waals surface area contributed by atoms with E-state index in [4.69, 9.17) is 16.2 Å². The van der Waals surface area contributed by atoms with Crippen LogP contribution in [0.5, 0.6) is 5.75 Å². The van der Waals surface area contributed by atoms with Gasteiger partial charge in [-0.2, -0.15) is 25.3 Å². The molecule has 0 saturated heterocycles. The lowest BCUT2D eigenvalue weighted by Crippen LogP contribution is -2.56. The van der Waals surface area contributed by atoms with Gasteiger partial charge in [-0.05, 0) is 43.5 Å². The maximum absolute atomic E-state index is 13.0. The monoisotopic (exact) mass is 562 g/mol. The molecule has 2 aromatic rings. The van der Waals surface area contributed by atoms with Crippen LogP contribution in [0.1, 0.15) is 25.0 Å². The molecule has 0 radical (unpaired) electrons. The van der Waals surface area contributed by atoms with Crippen LogP contribution in [0, 0.1) is 0 Å². The fourth-order valence-corrected chi connectivity index (χ4v) is 3.65. The van der Waals surface area contributed by atoms with Crippen molar-refractivity contribution in [2.75, 3.05) is 5.75 Å². The van der Waals surface area contributed by atoms with E-state index >= 15 is 0 Å². The number of esters is 2. The molecule has 0 aromatic heterocycles. The molecule has 38 heavy (non-hydrogen) atoms. The summed E-state index contributed by atoms with van der Waals surface area (Å²) in [5, 5.41) is 14.5. The van der Waals surface area contributed by atoms with Crippen molar-refractivity contribution in [2.45, 2.75) is 55.6 Å². The summed E-state index contributed by atoms with van der Waals surface area (Å²) in [5.74, 6) is -3.31. The van der Waals surface area contributed by atoms with Gasteiger partial charge in [0.25, 0.3) is 0 Å². The van der Waals surface area contributed by atoms with Crippen molar-refractivity contribution in [1.29, 1.82) is 0 Å². The van der Waals surface area contributed by atoms with Crippen molar-refractivity contribution in [3.63, 3.8) is 0 Å². The normalized spacial score (nSPS) is 14.5. The highest BCUT2D eigenvalue weighted by Crippen LogP contribution is 2.17. The van der Waals surface area contributed by atoms with E-state index in [2.05, 4.69) is 35.9 Å². The summed E-state index contributed by atoms with van der Waals surface area (Å²) in [7, 11) is 0. The lowest BCUT2D eigenvalue weighted by atomic mass is 10.0. The standard InChI is InChI=1S/C26H34N4O6S2/c1-26(2,38)21(28)25(35)36-24(34)19(13-15-6-4-3-5-7-15)29-23(33)20(14-37)30-22(32)18(27)12-16-8-10-17(31)11-9-16/h3-11,18-21,31,37-38H,12-14,27-28H2,1-2H3,(H,29,33)(H,30,32)/t18-,19-,20+,21-/m0/s1. The van der Waals surface area contributed by atoms with Gasteiger partial charge in [-0.25, -0.2) is 9.59 Å². The Morgan fingerprint density at radius 3 is 1.97 bits per heavy atom. The van der Waals surface area contributed by atoms with Crippen molar-refractivity contribution in [3.05, 3.63) is 65.7 Å². The molecular weight excluding hydrogens is 528 g/mol. The van der Waals surface area contributed by atoms with Gasteiger partial charge in [0.1, 0.15) is 23.9 Å². The van der Waals surface area contributed by atoms with Crippen molar-refractivity contribution in [2.24, 2.45) is 11.5 Å². The lowest BCUT2D eigenvalue weighted by molar-refractivity contribution is -0.163. The largest absolute Gasteiger partial charge is 0.508 e. The highest BCUT2D eigenvalue weighted by molar-refractivity contribution is 7.81. The molecule has 206 valence electrons. The fourth-order valence-electron chi connectivity index (χ4n) is 3.29. The number of benzene rings is 2. The summed E-state index contributed by atoms with van der Waals surface area (Å²) in [5.41, 5.74) is 13.3. The number of thiol groups is 2. The molecule has 0 heterocycles. The van der Waals surface area contributed by atoms with Gasteiger partial charge in [0, 0.05) is 16.9 Å². The van der Waals surface area contributed by atoms with Crippen LogP contribution in [0.15, 0.2) is 54.6 Å². The zero-order valence-electron chi connectivity index (χ0n) is 21.2. The lowest BCUT2D eigenvalue weighted by Gasteiger charge is -2.25. The quantitative estimate of drug-likeness (QED) is 0.111. The van der Waals surface area contributed by atoms with Crippen molar-refractivity contribution < 1.29 is 29.0 Å². The summed E-state index contributed by atoms with van der Waals surface area (Å²) >= 11 is 8.40. The molecule has 12 heteroatoms. The van der Waals surface area contributed by atoms with Gasteiger partial charge in [-0.3, -0.25) is 9.59 Å². The second-order valence-electron chi connectivity index (χ2n) is 9.34. The van der Waals surface area contributed by atoms with E-state index in [0.29, 0.717) is 5.56 Å². The smallest absolute Gasteiger partial charge is 0.336 e. The number of ether oxygens (including phenoxy) is 1. The molecule has 0 spiro atoms. The van der Waals surface area contributed by atoms with Crippen molar-refractivity contribution in [1.82, 2.24) is 10.6 Å². The number of rotatable bonds is 12. The number of nitrogens with one attached hydrogen (secondary N) is 2. The highest BCUT2D eigenvalue weighted by Gasteiger charge is 2.34. The fraction of sp³-hybridized carbons (Fsp3) is 0.385. The number of phenolic OH excluding ortho intramolecular Hbond substituents is 1. The van der Waals surface area contributed by atoms with Crippen LogP contribution < -0.4 is 22.1 Å². The van der Waals surface area contributed by atoms with Crippen molar-refractivity contribution in [3.8, 4) is 5.75 Å². The summed E-state index contributed by atoms with van der Waals surface area (Å²) in [6.45, 7) is 3.20. The van der Waals surface area contributed by atoms with E-state index in [1.807, 2.05) is 0 Å². The summed E-state index contributed by atoms with van der Waals surface area (Å²) in [6, 6.07) is 10.5. The first-order valence-corrected chi connectivity index (χ1v) is 12.9. The third-order valence-corrected chi connectivity index (χ3v) is 6.29. The predicted octanol–water partition coefficient (Wildman–Crippen LogP) is 0.510. The molecule has 0 aliphatic heterocycles. The van der Waals surface area contributed by atoms with Crippen LogP contribution >= 0.6 is 25.3 Å². The molecule has 0 aliphatic carbocycles. The second-order valence-corrected chi connectivity index (χ2v) is 10.9.